The predicted molar refractivity (Wildman–Crippen MR) is 86.6 cm³/mol. The van der Waals surface area contributed by atoms with Gasteiger partial charge in [-0.15, -0.1) is 0 Å². The highest BCUT2D eigenvalue weighted by atomic mass is 19.1. The van der Waals surface area contributed by atoms with Crippen molar-refractivity contribution >= 4 is 0 Å². The Kier molecular flexibility index (Phi) is 5.39. The minimum Gasteiger partial charge on any atom is -0.326 e. The Morgan fingerprint density at radius 2 is 1.95 bits per heavy atom. The van der Waals surface area contributed by atoms with Crippen LogP contribution in [0.25, 0.3) is 0 Å². The summed E-state index contributed by atoms with van der Waals surface area (Å²) >= 11 is 0. The zero-order valence-corrected chi connectivity index (χ0v) is 13.6. The molecule has 3 heteroatoms. The molecule has 2 unspecified atom stereocenters. The Morgan fingerprint density at radius 1 is 1.29 bits per heavy atom. The second-order valence-corrected chi connectivity index (χ2v) is 6.77. The normalized spacial score (nSPS) is 22.0. The van der Waals surface area contributed by atoms with E-state index >= 15 is 0 Å². The number of likely N-dealkylation sites (tertiary alicyclic amines) is 1. The lowest BCUT2D eigenvalue weighted by Crippen LogP contribution is -2.46. The first kappa shape index (κ1) is 16.4. The molecule has 0 saturated carbocycles. The second kappa shape index (κ2) is 6.89. The van der Waals surface area contributed by atoms with Crippen molar-refractivity contribution in [3.63, 3.8) is 0 Å². The van der Waals surface area contributed by atoms with E-state index in [1.54, 1.807) is 12.1 Å². The van der Waals surface area contributed by atoms with E-state index in [0.29, 0.717) is 5.41 Å². The first-order chi connectivity index (χ1) is 9.99. The topological polar surface area (TPSA) is 29.3 Å². The van der Waals surface area contributed by atoms with Crippen LogP contribution >= 0.6 is 0 Å². The Hall–Kier alpha value is -0.930. The van der Waals surface area contributed by atoms with Gasteiger partial charge in [-0.2, -0.15) is 0 Å². The smallest absolute Gasteiger partial charge is 0.123 e. The van der Waals surface area contributed by atoms with Crippen molar-refractivity contribution in [1.82, 2.24) is 4.90 Å². The Balaban J connectivity index is 2.18. The number of halogens is 1. The number of rotatable bonds is 5. The molecule has 2 rings (SSSR count). The Morgan fingerprint density at radius 3 is 2.48 bits per heavy atom. The van der Waals surface area contributed by atoms with Gasteiger partial charge in [-0.3, -0.25) is 4.90 Å². The van der Waals surface area contributed by atoms with Gasteiger partial charge in [0.1, 0.15) is 5.82 Å². The summed E-state index contributed by atoms with van der Waals surface area (Å²) in [6.45, 7) is 8.87. The third kappa shape index (κ3) is 3.83. The number of nitrogens with zero attached hydrogens (tertiary/aromatic N) is 1. The van der Waals surface area contributed by atoms with E-state index in [9.17, 15) is 4.39 Å². The maximum atomic E-state index is 13.6. The summed E-state index contributed by atoms with van der Waals surface area (Å²) in [5.74, 6) is -0.170. The molecule has 0 radical (unpaired) electrons. The van der Waals surface area contributed by atoms with Gasteiger partial charge in [0.15, 0.2) is 0 Å². The van der Waals surface area contributed by atoms with Crippen molar-refractivity contribution < 1.29 is 4.39 Å². The molecule has 118 valence electrons. The number of hydrogen-bond acceptors (Lipinski definition) is 2. The number of piperidine rings is 1. The van der Waals surface area contributed by atoms with Gasteiger partial charge in [0.2, 0.25) is 0 Å². The van der Waals surface area contributed by atoms with E-state index in [0.717, 1.165) is 25.1 Å². The fourth-order valence-electron chi connectivity index (χ4n) is 3.34. The van der Waals surface area contributed by atoms with Gasteiger partial charge in [-0.1, -0.05) is 39.3 Å². The molecule has 0 aromatic heterocycles. The molecule has 1 aliphatic heterocycles. The fraction of sp³-hybridized carbons (Fsp3) is 0.667. The van der Waals surface area contributed by atoms with Crippen LogP contribution in [0.1, 0.15) is 58.1 Å². The van der Waals surface area contributed by atoms with Crippen LogP contribution in [0.5, 0.6) is 0 Å². The number of nitrogens with two attached hydrogens (primary N) is 1. The molecule has 0 amide bonds. The van der Waals surface area contributed by atoms with Crippen LogP contribution < -0.4 is 5.73 Å². The van der Waals surface area contributed by atoms with Gasteiger partial charge >= 0.3 is 0 Å². The monoisotopic (exact) mass is 292 g/mol. The molecule has 1 aliphatic rings. The number of hydrogen-bond donors (Lipinski definition) is 1. The summed E-state index contributed by atoms with van der Waals surface area (Å²) < 4.78 is 13.6. The highest BCUT2D eigenvalue weighted by molar-refractivity contribution is 5.22. The second-order valence-electron chi connectivity index (χ2n) is 6.77. The van der Waals surface area contributed by atoms with E-state index < -0.39 is 0 Å². The summed E-state index contributed by atoms with van der Waals surface area (Å²) in [6, 6.07) is 7.14. The SMILES string of the molecule is CCC(N)C(c1cccc(F)c1)N1CCC(C)(CC)CC1. The van der Waals surface area contributed by atoms with Crippen LogP contribution in [0.3, 0.4) is 0 Å². The van der Waals surface area contributed by atoms with E-state index in [1.807, 2.05) is 6.07 Å². The minimum atomic E-state index is -0.170. The lowest BCUT2D eigenvalue weighted by atomic mass is 9.77. The molecule has 1 aromatic rings. The quantitative estimate of drug-likeness (QED) is 0.884. The van der Waals surface area contributed by atoms with E-state index in [4.69, 9.17) is 5.73 Å². The molecule has 1 saturated heterocycles. The van der Waals surface area contributed by atoms with Gasteiger partial charge in [0.05, 0.1) is 0 Å². The minimum absolute atomic E-state index is 0.0535. The van der Waals surface area contributed by atoms with Gasteiger partial charge in [0, 0.05) is 12.1 Å². The third-order valence-electron chi connectivity index (χ3n) is 5.32. The molecule has 1 fully saturated rings. The van der Waals surface area contributed by atoms with E-state index in [2.05, 4.69) is 25.7 Å². The van der Waals surface area contributed by atoms with Gasteiger partial charge in [-0.25, -0.2) is 4.39 Å². The molecule has 0 spiro atoms. The summed E-state index contributed by atoms with van der Waals surface area (Å²) in [5, 5.41) is 0. The third-order valence-corrected chi connectivity index (χ3v) is 5.32. The maximum Gasteiger partial charge on any atom is 0.123 e. The van der Waals surface area contributed by atoms with Crippen LogP contribution in [-0.4, -0.2) is 24.0 Å². The summed E-state index contributed by atoms with van der Waals surface area (Å²) in [6.07, 6.45) is 4.53. The molecular formula is C18H29FN2. The standard InChI is InChI=1S/C18H29FN2/c1-4-16(20)17(14-7-6-8-15(19)13-14)21-11-9-18(3,5-2)10-12-21/h6-8,13,16-17H,4-5,9-12,20H2,1-3H3. The Labute approximate surface area is 128 Å². The van der Waals surface area contributed by atoms with Crippen LogP contribution in [0.4, 0.5) is 4.39 Å². The molecule has 21 heavy (non-hydrogen) atoms. The van der Waals surface area contributed by atoms with Crippen LogP contribution in [0.2, 0.25) is 0 Å². The zero-order chi connectivity index (χ0) is 15.5. The van der Waals surface area contributed by atoms with Crippen molar-refractivity contribution in [1.29, 1.82) is 0 Å². The predicted octanol–water partition coefficient (Wildman–Crippen LogP) is 4.12. The van der Waals surface area contributed by atoms with Crippen LogP contribution in [0.15, 0.2) is 24.3 Å². The highest BCUT2D eigenvalue weighted by Gasteiger charge is 2.33. The Bertz CT molecular complexity index is 452. The van der Waals surface area contributed by atoms with Crippen molar-refractivity contribution in [2.45, 2.75) is 58.5 Å². The lowest BCUT2D eigenvalue weighted by Gasteiger charge is -2.44. The van der Waals surface area contributed by atoms with E-state index in [-0.39, 0.29) is 17.9 Å². The molecule has 2 N–H and O–H groups in total. The van der Waals surface area contributed by atoms with Crippen molar-refractivity contribution in [2.24, 2.45) is 11.1 Å². The summed E-state index contributed by atoms with van der Waals surface area (Å²) in [5.41, 5.74) is 7.84. The zero-order valence-electron chi connectivity index (χ0n) is 13.6. The van der Waals surface area contributed by atoms with Crippen LogP contribution in [0, 0.1) is 11.2 Å². The van der Waals surface area contributed by atoms with Crippen molar-refractivity contribution in [2.75, 3.05) is 13.1 Å². The highest BCUT2D eigenvalue weighted by Crippen LogP contribution is 2.38. The van der Waals surface area contributed by atoms with Crippen molar-refractivity contribution in [3.05, 3.63) is 35.6 Å². The lowest BCUT2D eigenvalue weighted by molar-refractivity contribution is 0.0692. The molecule has 2 nitrogen and oxygen atoms in total. The van der Waals surface area contributed by atoms with Gasteiger partial charge in [0.25, 0.3) is 0 Å². The molecular weight excluding hydrogens is 263 g/mol. The molecule has 1 heterocycles. The summed E-state index contributed by atoms with van der Waals surface area (Å²) in [7, 11) is 0. The van der Waals surface area contributed by atoms with Crippen LogP contribution in [-0.2, 0) is 0 Å². The first-order valence-corrected chi connectivity index (χ1v) is 8.24. The summed E-state index contributed by atoms with van der Waals surface area (Å²) in [4.78, 5) is 2.46. The first-order valence-electron chi connectivity index (χ1n) is 8.24. The van der Waals surface area contributed by atoms with Gasteiger partial charge in [-0.05, 0) is 55.5 Å². The fourth-order valence-corrected chi connectivity index (χ4v) is 3.34. The maximum absolute atomic E-state index is 13.6. The molecule has 2 atom stereocenters. The molecule has 0 aliphatic carbocycles. The number of benzene rings is 1. The van der Waals surface area contributed by atoms with Crippen molar-refractivity contribution in [3.8, 4) is 0 Å². The largest absolute Gasteiger partial charge is 0.326 e. The molecule has 1 aromatic carbocycles. The average molecular weight is 292 g/mol. The van der Waals surface area contributed by atoms with Gasteiger partial charge < -0.3 is 5.73 Å². The average Bonchev–Trinajstić information content (AvgIpc) is 2.49. The van der Waals surface area contributed by atoms with E-state index in [1.165, 1.54) is 25.3 Å². The molecule has 0 bridgehead atoms.